The molecule has 3 rings (SSSR count). The van der Waals surface area contributed by atoms with E-state index in [0.717, 1.165) is 16.7 Å². The highest BCUT2D eigenvalue weighted by atomic mass is 35.5. The number of nitrogens with zero attached hydrogens (tertiary/aromatic N) is 1. The average Bonchev–Trinajstić information content (AvgIpc) is 2.60. The molecule has 0 saturated heterocycles. The number of rotatable bonds is 7. The van der Waals surface area contributed by atoms with Crippen LogP contribution in [0.2, 0.25) is 10.0 Å². The highest BCUT2D eigenvalue weighted by Crippen LogP contribution is 2.39. The van der Waals surface area contributed by atoms with Gasteiger partial charge in [-0.1, -0.05) is 35.3 Å². The molecule has 0 saturated carbocycles. The lowest BCUT2D eigenvalue weighted by molar-refractivity contribution is 0.295. The molecule has 0 aromatic heterocycles. The molecule has 0 radical (unpaired) electrons. The Morgan fingerprint density at radius 3 is 2.67 bits per heavy atom. The number of fused-ring (bicyclic) bond motifs is 1. The topological polar surface area (TPSA) is 119 Å². The molecule has 0 amide bonds. The van der Waals surface area contributed by atoms with Crippen molar-refractivity contribution in [3.05, 3.63) is 63.1 Å². The van der Waals surface area contributed by atoms with Crippen LogP contribution >= 0.6 is 30.8 Å². The van der Waals surface area contributed by atoms with Gasteiger partial charge < -0.3 is 14.7 Å². The van der Waals surface area contributed by atoms with Gasteiger partial charge >= 0.3 is 7.60 Å². The van der Waals surface area contributed by atoms with Gasteiger partial charge in [0.15, 0.2) is 0 Å². The van der Waals surface area contributed by atoms with Crippen molar-refractivity contribution in [2.24, 2.45) is 0 Å². The van der Waals surface area contributed by atoms with Gasteiger partial charge in [-0.25, -0.2) is 0 Å². The molecule has 1 aliphatic heterocycles. The van der Waals surface area contributed by atoms with Crippen molar-refractivity contribution < 1.29 is 22.8 Å². The van der Waals surface area contributed by atoms with Crippen molar-refractivity contribution in [2.75, 3.05) is 31.0 Å². The third kappa shape index (κ3) is 6.18. The second kappa shape index (κ2) is 9.14. The summed E-state index contributed by atoms with van der Waals surface area (Å²) in [6.45, 7) is 1.02. The molecule has 8 nitrogen and oxygen atoms in total. The zero-order valence-corrected chi connectivity index (χ0v) is 19.3. The summed E-state index contributed by atoms with van der Waals surface area (Å²) >= 11 is 12.6. The van der Waals surface area contributed by atoms with Crippen LogP contribution in [-0.4, -0.2) is 49.4 Å². The molecule has 2 aromatic carbocycles. The van der Waals surface area contributed by atoms with Crippen LogP contribution in [0.3, 0.4) is 0 Å². The van der Waals surface area contributed by atoms with Gasteiger partial charge in [0, 0.05) is 35.6 Å². The van der Waals surface area contributed by atoms with Crippen molar-refractivity contribution in [3.63, 3.8) is 0 Å². The first kappa shape index (κ1) is 23.5. The van der Waals surface area contributed by atoms with Gasteiger partial charge in [-0.05, 0) is 48.0 Å². The Kier molecular flexibility index (Phi) is 7.16. The standard InChI is InChI=1S/C18H22Cl2N3O5PS/c1-23-10-16(15-8-13(19)9-18(20)17(15)11-23)12-3-2-4-14(7-12)22-30(27,28)21-5-6-29(24,25)26/h2-4,7-9,16,21-22H,5-6,10-11H2,1H3,(H2,24,25,26). The molecule has 164 valence electrons. The first-order valence-electron chi connectivity index (χ1n) is 9.02. The summed E-state index contributed by atoms with van der Waals surface area (Å²) in [6.07, 6.45) is -0.583. The Morgan fingerprint density at radius 2 is 1.97 bits per heavy atom. The zero-order valence-electron chi connectivity index (χ0n) is 16.0. The predicted molar refractivity (Wildman–Crippen MR) is 119 cm³/mol. The van der Waals surface area contributed by atoms with Crippen LogP contribution in [0.1, 0.15) is 22.6 Å². The summed E-state index contributed by atoms with van der Waals surface area (Å²) in [7, 11) is -6.29. The van der Waals surface area contributed by atoms with Crippen LogP contribution in [-0.2, 0) is 21.3 Å². The van der Waals surface area contributed by atoms with Crippen molar-refractivity contribution in [3.8, 4) is 0 Å². The first-order valence-corrected chi connectivity index (χ1v) is 13.1. The molecule has 1 unspecified atom stereocenters. The van der Waals surface area contributed by atoms with E-state index in [1.807, 2.05) is 19.2 Å². The van der Waals surface area contributed by atoms with E-state index in [2.05, 4.69) is 14.3 Å². The van der Waals surface area contributed by atoms with E-state index in [1.165, 1.54) is 0 Å². The molecule has 1 atom stereocenters. The van der Waals surface area contributed by atoms with E-state index < -0.39 is 24.0 Å². The summed E-state index contributed by atoms with van der Waals surface area (Å²) < 4.78 is 39.8. The van der Waals surface area contributed by atoms with Crippen LogP contribution in [0.15, 0.2) is 36.4 Å². The number of hydrogen-bond donors (Lipinski definition) is 4. The molecule has 30 heavy (non-hydrogen) atoms. The number of likely N-dealkylation sites (N-methyl/N-ethyl adjacent to an activating group) is 1. The van der Waals surface area contributed by atoms with Gasteiger partial charge in [0.05, 0.1) is 11.8 Å². The highest BCUT2D eigenvalue weighted by molar-refractivity contribution is 7.90. The number of benzene rings is 2. The van der Waals surface area contributed by atoms with Gasteiger partial charge in [-0.3, -0.25) is 9.29 Å². The quantitative estimate of drug-likeness (QED) is 0.440. The molecular weight excluding hydrogens is 472 g/mol. The van der Waals surface area contributed by atoms with E-state index in [0.29, 0.717) is 28.8 Å². The van der Waals surface area contributed by atoms with Crippen LogP contribution in [0.25, 0.3) is 0 Å². The molecule has 1 heterocycles. The number of anilines is 1. The van der Waals surface area contributed by atoms with Crippen molar-refractivity contribution in [1.82, 2.24) is 9.62 Å². The number of halogens is 2. The Hall–Kier alpha value is -1.16. The molecule has 2 aromatic rings. The summed E-state index contributed by atoms with van der Waals surface area (Å²) in [5, 5.41) is 1.14. The fourth-order valence-corrected chi connectivity index (χ4v) is 5.47. The maximum atomic E-state index is 12.2. The summed E-state index contributed by atoms with van der Waals surface area (Å²) in [6, 6.07) is 10.6. The van der Waals surface area contributed by atoms with Crippen LogP contribution in [0, 0.1) is 0 Å². The molecular formula is C18H22Cl2N3O5PS. The van der Waals surface area contributed by atoms with Crippen LogP contribution in [0.4, 0.5) is 5.69 Å². The molecule has 0 fully saturated rings. The molecule has 4 N–H and O–H groups in total. The van der Waals surface area contributed by atoms with Crippen LogP contribution in [0.5, 0.6) is 0 Å². The van der Waals surface area contributed by atoms with Crippen LogP contribution < -0.4 is 9.44 Å². The van der Waals surface area contributed by atoms with E-state index in [1.54, 1.807) is 24.3 Å². The van der Waals surface area contributed by atoms with Crippen molar-refractivity contribution in [2.45, 2.75) is 12.5 Å². The predicted octanol–water partition coefficient (Wildman–Crippen LogP) is 2.99. The number of nitrogens with one attached hydrogen (secondary N) is 2. The average molecular weight is 494 g/mol. The Balaban J connectivity index is 1.84. The highest BCUT2D eigenvalue weighted by Gasteiger charge is 2.27. The number of hydrogen-bond acceptors (Lipinski definition) is 4. The fraction of sp³-hybridized carbons (Fsp3) is 0.333. The van der Waals surface area contributed by atoms with Gasteiger partial charge in [-0.15, -0.1) is 0 Å². The van der Waals surface area contributed by atoms with E-state index in [4.69, 9.17) is 33.0 Å². The third-order valence-corrected chi connectivity index (χ3v) is 7.18. The largest absolute Gasteiger partial charge is 0.326 e. The lowest BCUT2D eigenvalue weighted by atomic mass is 9.84. The molecule has 12 heteroatoms. The molecule has 1 aliphatic rings. The normalized spacial score (nSPS) is 17.6. The Labute approximate surface area is 185 Å². The maximum absolute atomic E-state index is 12.2. The zero-order chi connectivity index (χ0) is 22.1. The SMILES string of the molecule is CN1Cc2c(Cl)cc(Cl)cc2C(c2cccc(NS(=O)(=O)NCCP(=O)(O)O)c2)C1. The lowest BCUT2D eigenvalue weighted by Crippen LogP contribution is -2.32. The lowest BCUT2D eigenvalue weighted by Gasteiger charge is -2.33. The second-order valence-corrected chi connectivity index (χ2v) is 11.3. The minimum atomic E-state index is -4.29. The Bertz CT molecular complexity index is 1090. The van der Waals surface area contributed by atoms with E-state index in [-0.39, 0.29) is 12.5 Å². The van der Waals surface area contributed by atoms with Crippen molar-refractivity contribution in [1.29, 1.82) is 0 Å². The van der Waals surface area contributed by atoms with Crippen molar-refractivity contribution >= 4 is 46.7 Å². The van der Waals surface area contributed by atoms with E-state index in [9.17, 15) is 13.0 Å². The second-order valence-electron chi connectivity index (χ2n) is 7.22. The minimum Gasteiger partial charge on any atom is -0.324 e. The monoisotopic (exact) mass is 493 g/mol. The molecule has 0 spiro atoms. The third-order valence-electron chi connectivity index (χ3n) is 4.73. The van der Waals surface area contributed by atoms with Gasteiger partial charge in [-0.2, -0.15) is 13.1 Å². The van der Waals surface area contributed by atoms with E-state index >= 15 is 0 Å². The van der Waals surface area contributed by atoms with Gasteiger partial charge in [0.1, 0.15) is 0 Å². The summed E-state index contributed by atoms with van der Waals surface area (Å²) in [5.41, 5.74) is 3.21. The smallest absolute Gasteiger partial charge is 0.324 e. The fourth-order valence-electron chi connectivity index (χ4n) is 3.47. The minimum absolute atomic E-state index is 0.0537. The molecule has 0 bridgehead atoms. The Morgan fingerprint density at radius 1 is 1.23 bits per heavy atom. The maximum Gasteiger partial charge on any atom is 0.326 e. The summed E-state index contributed by atoms with van der Waals surface area (Å²) in [5.74, 6) is -0.0537. The first-order chi connectivity index (χ1) is 13.9. The molecule has 0 aliphatic carbocycles. The summed E-state index contributed by atoms with van der Waals surface area (Å²) in [4.78, 5) is 19.8. The van der Waals surface area contributed by atoms with Gasteiger partial charge in [0.2, 0.25) is 0 Å². The van der Waals surface area contributed by atoms with Gasteiger partial charge in [0.25, 0.3) is 10.2 Å².